The molecular weight excluding hydrogens is 472 g/mol. The largest absolute Gasteiger partial charge is 0.497 e. The molecule has 3 aromatic rings. The first-order valence-corrected chi connectivity index (χ1v) is 11.4. The lowest BCUT2D eigenvalue weighted by atomic mass is 10.1. The minimum atomic E-state index is -0.459. The molecule has 0 heterocycles. The average molecular weight is 505 g/mol. The van der Waals surface area contributed by atoms with E-state index < -0.39 is 5.97 Å². The number of methoxy groups -OCH3 is 2. The van der Waals surface area contributed by atoms with Crippen molar-refractivity contribution in [3.63, 3.8) is 0 Å². The first-order chi connectivity index (χ1) is 17.8. The first-order valence-electron chi connectivity index (χ1n) is 11.4. The van der Waals surface area contributed by atoms with E-state index in [2.05, 4.69) is 13.2 Å². The molecule has 0 aliphatic carbocycles. The van der Waals surface area contributed by atoms with Crippen molar-refractivity contribution < 1.29 is 33.3 Å². The quantitative estimate of drug-likeness (QED) is 0.103. The molecule has 0 N–H and O–H groups in total. The third-order valence-electron chi connectivity index (χ3n) is 4.78. The lowest BCUT2D eigenvalue weighted by Gasteiger charge is -2.13. The fourth-order valence-electron chi connectivity index (χ4n) is 2.86. The molecule has 37 heavy (non-hydrogen) atoms. The Hall–Kier alpha value is -4.52. The van der Waals surface area contributed by atoms with Crippen LogP contribution in [0.2, 0.25) is 0 Å². The van der Waals surface area contributed by atoms with Gasteiger partial charge in [0.05, 0.1) is 14.2 Å². The molecule has 0 aliphatic rings. The molecule has 0 fully saturated rings. The van der Waals surface area contributed by atoms with Gasteiger partial charge in [0.15, 0.2) is 11.5 Å². The molecule has 0 aromatic heterocycles. The fourth-order valence-corrected chi connectivity index (χ4v) is 2.86. The lowest BCUT2D eigenvalue weighted by molar-refractivity contribution is -0.130. The van der Waals surface area contributed by atoms with Crippen molar-refractivity contribution in [3.05, 3.63) is 91.0 Å². The summed E-state index contributed by atoms with van der Waals surface area (Å²) in [6, 6.07) is 20.4. The van der Waals surface area contributed by atoms with Crippen LogP contribution in [0.5, 0.6) is 28.7 Å². The van der Waals surface area contributed by atoms with Gasteiger partial charge in [-0.1, -0.05) is 31.4 Å². The number of benzene rings is 3. The molecule has 3 rings (SSSR count). The maximum absolute atomic E-state index is 11.5. The predicted molar refractivity (Wildman–Crippen MR) is 144 cm³/mol. The summed E-state index contributed by atoms with van der Waals surface area (Å²) in [5.74, 6) is 2.70. The van der Waals surface area contributed by atoms with E-state index in [0.29, 0.717) is 47.4 Å². The van der Waals surface area contributed by atoms with E-state index in [1.54, 1.807) is 52.3 Å². The molecule has 194 valence electrons. The van der Waals surface area contributed by atoms with Gasteiger partial charge in [-0.3, -0.25) is 4.79 Å². The van der Waals surface area contributed by atoms with Gasteiger partial charge in [0.1, 0.15) is 36.7 Å². The Kier molecular flexibility index (Phi) is 11.5. The zero-order valence-electron chi connectivity index (χ0n) is 21.6. The second-order valence-corrected chi connectivity index (χ2v) is 7.90. The van der Waals surface area contributed by atoms with Gasteiger partial charge < -0.3 is 23.7 Å². The van der Waals surface area contributed by atoms with Gasteiger partial charge in [0.2, 0.25) is 0 Å². The highest BCUT2D eigenvalue weighted by Gasteiger charge is 2.08. The van der Waals surface area contributed by atoms with E-state index >= 15 is 0 Å². The van der Waals surface area contributed by atoms with Crippen LogP contribution in [0.1, 0.15) is 13.8 Å². The van der Waals surface area contributed by atoms with Crippen molar-refractivity contribution in [2.45, 2.75) is 13.8 Å². The van der Waals surface area contributed by atoms with Crippen LogP contribution in [0.4, 0.5) is 0 Å². The van der Waals surface area contributed by atoms with Crippen molar-refractivity contribution in [1.82, 2.24) is 0 Å². The van der Waals surface area contributed by atoms with Crippen LogP contribution < -0.4 is 23.7 Å². The highest BCUT2D eigenvalue weighted by molar-refractivity contribution is 5.88. The highest BCUT2D eigenvalue weighted by atomic mass is 16.5. The van der Waals surface area contributed by atoms with Gasteiger partial charge in [-0.05, 0) is 79.1 Å². The monoisotopic (exact) mass is 504 g/mol. The maximum atomic E-state index is 11.5. The zero-order chi connectivity index (χ0) is 27.2. The van der Waals surface area contributed by atoms with Crippen LogP contribution in [0, 0.1) is 0 Å². The van der Waals surface area contributed by atoms with Crippen LogP contribution >= 0.6 is 0 Å². The van der Waals surface area contributed by atoms with E-state index in [-0.39, 0.29) is 0 Å². The number of hydrogen-bond acceptors (Lipinski definition) is 7. The molecular formula is C30H32O7. The normalized spacial score (nSPS) is 9.73. The third-order valence-corrected chi connectivity index (χ3v) is 4.78. The highest BCUT2D eigenvalue weighted by Crippen LogP contribution is 2.33. The molecule has 3 aromatic carbocycles. The van der Waals surface area contributed by atoms with Crippen molar-refractivity contribution in [1.29, 1.82) is 0 Å². The summed E-state index contributed by atoms with van der Waals surface area (Å²) in [6.07, 6.45) is 0.722. The average Bonchev–Trinajstić information content (AvgIpc) is 2.92. The van der Waals surface area contributed by atoms with E-state index in [1.807, 2.05) is 42.5 Å². The summed E-state index contributed by atoms with van der Waals surface area (Å²) in [6.45, 7) is 10.8. The van der Waals surface area contributed by atoms with Crippen molar-refractivity contribution >= 4 is 12.3 Å². The molecule has 0 unspecified atom stereocenters. The minimum absolute atomic E-state index is 0.338. The van der Waals surface area contributed by atoms with E-state index in [0.717, 1.165) is 23.2 Å². The van der Waals surface area contributed by atoms with Gasteiger partial charge in [0.25, 0.3) is 0 Å². The topological polar surface area (TPSA) is 80.3 Å². The summed E-state index contributed by atoms with van der Waals surface area (Å²) in [4.78, 5) is 20.9. The molecule has 7 nitrogen and oxygen atoms in total. The Balaban J connectivity index is 0.000000877. The summed E-state index contributed by atoms with van der Waals surface area (Å²) < 4.78 is 27.4. The Morgan fingerprint density at radius 1 is 0.730 bits per heavy atom. The number of carbonyl (C=O) groups excluding carboxylic acids is 2. The molecule has 0 saturated carbocycles. The van der Waals surface area contributed by atoms with Gasteiger partial charge in [-0.2, -0.15) is 0 Å². The van der Waals surface area contributed by atoms with Crippen molar-refractivity contribution in [3.8, 4) is 39.9 Å². The summed E-state index contributed by atoms with van der Waals surface area (Å²) in [5.41, 5.74) is 2.98. The van der Waals surface area contributed by atoms with Gasteiger partial charge in [-0.25, -0.2) is 4.79 Å². The summed E-state index contributed by atoms with van der Waals surface area (Å²) in [7, 11) is 3.25. The van der Waals surface area contributed by atoms with Crippen molar-refractivity contribution in [2.75, 3.05) is 27.4 Å². The Morgan fingerprint density at radius 2 is 1.27 bits per heavy atom. The van der Waals surface area contributed by atoms with Crippen LogP contribution in [0.15, 0.2) is 91.0 Å². The third kappa shape index (κ3) is 9.57. The van der Waals surface area contributed by atoms with Crippen LogP contribution in [-0.2, 0) is 9.59 Å². The maximum Gasteiger partial charge on any atom is 0.338 e. The van der Waals surface area contributed by atoms with Gasteiger partial charge in [-0.15, -0.1) is 0 Å². The number of hydrogen-bond donors (Lipinski definition) is 0. The van der Waals surface area contributed by atoms with Gasteiger partial charge >= 0.3 is 5.97 Å². The smallest absolute Gasteiger partial charge is 0.338 e. The molecule has 0 amide bonds. The molecule has 7 heteroatoms. The number of allylic oxidation sites excluding steroid dienone is 1. The lowest BCUT2D eigenvalue weighted by Crippen LogP contribution is -2.10. The second-order valence-electron chi connectivity index (χ2n) is 7.90. The number of rotatable bonds is 11. The molecule has 0 atom stereocenters. The minimum Gasteiger partial charge on any atom is -0.497 e. The van der Waals surface area contributed by atoms with Gasteiger partial charge in [0, 0.05) is 5.57 Å². The first kappa shape index (κ1) is 28.7. The number of esters is 1. The molecule has 0 bridgehead atoms. The molecule has 0 radical (unpaired) electrons. The van der Waals surface area contributed by atoms with Crippen molar-refractivity contribution in [2.24, 2.45) is 0 Å². The summed E-state index contributed by atoms with van der Waals surface area (Å²) in [5, 5.41) is 0. The second kappa shape index (κ2) is 14.8. The molecule has 0 saturated heterocycles. The number of carbonyl (C=O) groups is 2. The van der Waals surface area contributed by atoms with E-state index in [1.165, 1.54) is 0 Å². The molecule has 0 aliphatic heterocycles. The van der Waals surface area contributed by atoms with Crippen LogP contribution in [0.3, 0.4) is 0 Å². The fraction of sp³-hybridized carbons (Fsp3) is 0.200. The van der Waals surface area contributed by atoms with E-state index in [9.17, 15) is 9.59 Å². The zero-order valence-corrected chi connectivity index (χ0v) is 21.6. The Morgan fingerprint density at radius 3 is 1.81 bits per heavy atom. The van der Waals surface area contributed by atoms with Crippen LogP contribution in [-0.4, -0.2) is 39.7 Å². The number of ether oxygens (including phenoxy) is 5. The SMILES string of the molecule is C=C(C)C(=O)Oc1ccc(OCCOc2ccc(-c3ccc(OC)cc3)cc2OC)cc1.C=C(C)C=O. The molecule has 0 spiro atoms. The number of aldehydes is 1. The standard InChI is InChI=1S/C26H26O6.C4H6O/c1-18(2)26(27)32-23-12-10-22(11-13-23)30-15-16-31-24-14-7-20(17-25(24)29-4)19-5-8-21(28-3)9-6-19;1-4(2)3-5/h5-14,17H,1,15-16H2,2-4H3;3H,1H2,2H3. The summed E-state index contributed by atoms with van der Waals surface area (Å²) >= 11 is 0. The predicted octanol–water partition coefficient (Wildman–Crippen LogP) is 6.07. The van der Waals surface area contributed by atoms with E-state index in [4.69, 9.17) is 23.7 Å². The Bertz CT molecular complexity index is 1200. The Labute approximate surface area is 217 Å². The van der Waals surface area contributed by atoms with Crippen LogP contribution in [0.25, 0.3) is 11.1 Å².